The molecule has 0 saturated heterocycles. The van der Waals surface area contributed by atoms with Gasteiger partial charge in [-0.25, -0.2) is 0 Å². The summed E-state index contributed by atoms with van der Waals surface area (Å²) in [5, 5.41) is 0. The van der Waals surface area contributed by atoms with Gasteiger partial charge >= 0.3 is 0 Å². The molecule has 0 radical (unpaired) electrons. The molecule has 5 heteroatoms. The Morgan fingerprint density at radius 1 is 0.955 bits per heavy atom. The fraction of sp³-hybridized carbons (Fsp3) is 0.294. The smallest absolute Gasteiger partial charge is 0.273 e. The number of hydrogen-bond acceptors (Lipinski definition) is 3. The van der Waals surface area contributed by atoms with Crippen molar-refractivity contribution in [3.05, 3.63) is 58.0 Å². The number of benzene rings is 1. The van der Waals surface area contributed by atoms with Gasteiger partial charge in [0.15, 0.2) is 0 Å². The first-order valence-corrected chi connectivity index (χ1v) is 7.20. The molecule has 0 fully saturated rings. The molecule has 2 aromatic rings. The quantitative estimate of drug-likeness (QED) is 0.856. The zero-order chi connectivity index (χ0) is 16.3. The molecule has 116 valence electrons. The third kappa shape index (κ3) is 3.19. The largest absolute Gasteiger partial charge is 0.466 e. The van der Waals surface area contributed by atoms with Gasteiger partial charge in [-0.2, -0.15) is 0 Å². The molecule has 2 N–H and O–H groups in total. The highest BCUT2D eigenvalue weighted by atomic mass is 16.3. The number of nitrogens with one attached hydrogen (secondary N) is 2. The van der Waals surface area contributed by atoms with E-state index in [0.29, 0.717) is 22.6 Å². The van der Waals surface area contributed by atoms with Gasteiger partial charge in [-0.05, 0) is 44.9 Å². The maximum Gasteiger partial charge on any atom is 0.273 e. The normalized spacial score (nSPS) is 10.4. The lowest BCUT2D eigenvalue weighted by molar-refractivity contribution is 0.0845. The molecule has 1 heterocycles. The van der Waals surface area contributed by atoms with Crippen LogP contribution in [0.15, 0.2) is 28.7 Å². The van der Waals surface area contributed by atoms with Crippen LogP contribution in [0.5, 0.6) is 0 Å². The average Bonchev–Trinajstić information content (AvgIpc) is 2.77. The van der Waals surface area contributed by atoms with Gasteiger partial charge < -0.3 is 4.42 Å². The van der Waals surface area contributed by atoms with Gasteiger partial charge in [-0.1, -0.05) is 19.1 Å². The molecule has 0 aliphatic heterocycles. The molecule has 22 heavy (non-hydrogen) atoms. The monoisotopic (exact) mass is 300 g/mol. The van der Waals surface area contributed by atoms with E-state index >= 15 is 0 Å². The lowest BCUT2D eigenvalue weighted by Crippen LogP contribution is -2.41. The van der Waals surface area contributed by atoms with Crippen molar-refractivity contribution in [1.82, 2.24) is 10.9 Å². The Bertz CT molecular complexity index is 699. The Hall–Kier alpha value is -2.56. The van der Waals surface area contributed by atoms with E-state index in [2.05, 4.69) is 10.9 Å². The fourth-order valence-electron chi connectivity index (χ4n) is 2.27. The van der Waals surface area contributed by atoms with Crippen LogP contribution in [0, 0.1) is 20.8 Å². The van der Waals surface area contributed by atoms with Gasteiger partial charge in [-0.3, -0.25) is 20.4 Å². The Morgan fingerprint density at radius 3 is 2.05 bits per heavy atom. The maximum absolute atomic E-state index is 12.2. The second kappa shape index (κ2) is 6.47. The molecule has 0 bridgehead atoms. The third-order valence-corrected chi connectivity index (χ3v) is 3.70. The Kier molecular flexibility index (Phi) is 4.65. The lowest BCUT2D eigenvalue weighted by atomic mass is 10.1. The van der Waals surface area contributed by atoms with Crippen LogP contribution < -0.4 is 10.9 Å². The van der Waals surface area contributed by atoms with Gasteiger partial charge in [0.2, 0.25) is 0 Å². The van der Waals surface area contributed by atoms with E-state index in [9.17, 15) is 9.59 Å². The van der Waals surface area contributed by atoms with E-state index in [-0.39, 0.29) is 11.8 Å². The van der Waals surface area contributed by atoms with Crippen molar-refractivity contribution in [2.75, 3.05) is 0 Å². The molecule has 0 saturated carbocycles. The van der Waals surface area contributed by atoms with Crippen LogP contribution in [0.2, 0.25) is 0 Å². The molecule has 0 aliphatic rings. The summed E-state index contributed by atoms with van der Waals surface area (Å²) in [6.45, 7) is 7.38. The predicted octanol–water partition coefficient (Wildman–Crippen LogP) is 2.84. The molecule has 0 atom stereocenters. The van der Waals surface area contributed by atoms with Crippen LogP contribution in [0.3, 0.4) is 0 Å². The summed E-state index contributed by atoms with van der Waals surface area (Å²) >= 11 is 0. The second-order valence-corrected chi connectivity index (χ2v) is 5.17. The van der Waals surface area contributed by atoms with E-state index in [4.69, 9.17) is 4.42 Å². The number of carbonyl (C=O) groups excluding carboxylic acids is 2. The summed E-state index contributed by atoms with van der Waals surface area (Å²) in [5.41, 5.74) is 7.72. The second-order valence-electron chi connectivity index (χ2n) is 5.17. The number of carbonyl (C=O) groups is 2. The molecule has 0 spiro atoms. The van der Waals surface area contributed by atoms with Crippen molar-refractivity contribution < 1.29 is 14.0 Å². The van der Waals surface area contributed by atoms with Crippen LogP contribution in [-0.4, -0.2) is 11.8 Å². The summed E-state index contributed by atoms with van der Waals surface area (Å²) in [6.07, 6.45) is 0.914. The first-order chi connectivity index (χ1) is 10.4. The molecule has 0 aliphatic carbocycles. The third-order valence-electron chi connectivity index (χ3n) is 3.70. The van der Waals surface area contributed by atoms with Crippen LogP contribution in [0.4, 0.5) is 0 Å². The number of amides is 2. The number of hydrazine groups is 1. The van der Waals surface area contributed by atoms with E-state index in [1.165, 1.54) is 0 Å². The summed E-state index contributed by atoms with van der Waals surface area (Å²) < 4.78 is 5.41. The molecular formula is C17H20N2O3. The van der Waals surface area contributed by atoms with E-state index in [0.717, 1.165) is 17.5 Å². The predicted molar refractivity (Wildman–Crippen MR) is 83.7 cm³/mol. The van der Waals surface area contributed by atoms with E-state index in [1.54, 1.807) is 26.0 Å². The highest BCUT2D eigenvalue weighted by Crippen LogP contribution is 2.20. The Morgan fingerprint density at radius 2 is 1.55 bits per heavy atom. The first-order valence-electron chi connectivity index (χ1n) is 7.20. The van der Waals surface area contributed by atoms with Crippen LogP contribution >= 0.6 is 0 Å². The van der Waals surface area contributed by atoms with Gasteiger partial charge in [0.1, 0.15) is 11.5 Å². The molecule has 1 aromatic heterocycles. The summed E-state index contributed by atoms with van der Waals surface area (Å²) in [4.78, 5) is 24.2. The summed E-state index contributed by atoms with van der Waals surface area (Å²) in [5.74, 6) is 0.495. The SMILES string of the molecule is CCc1ccc(C(=O)NNC(=O)c2c(C)oc(C)c2C)cc1. The van der Waals surface area contributed by atoms with Crippen LogP contribution in [-0.2, 0) is 6.42 Å². The highest BCUT2D eigenvalue weighted by Gasteiger charge is 2.19. The number of rotatable bonds is 3. The van der Waals surface area contributed by atoms with Crippen LogP contribution in [0.1, 0.15) is 50.3 Å². The first kappa shape index (κ1) is 15.8. The standard InChI is InChI=1S/C17H20N2O3/c1-5-13-6-8-14(9-7-13)16(20)18-19-17(21)15-10(2)11(3)22-12(15)4/h6-9H,5H2,1-4H3,(H,18,20)(H,19,21). The minimum atomic E-state index is -0.384. The Balaban J connectivity index is 2.02. The summed E-state index contributed by atoms with van der Waals surface area (Å²) in [7, 11) is 0. The van der Waals surface area contributed by atoms with Gasteiger partial charge in [-0.15, -0.1) is 0 Å². The van der Waals surface area contributed by atoms with Gasteiger partial charge in [0, 0.05) is 11.1 Å². The van der Waals surface area contributed by atoms with Crippen molar-refractivity contribution >= 4 is 11.8 Å². The van der Waals surface area contributed by atoms with Crippen molar-refractivity contribution in [3.63, 3.8) is 0 Å². The number of hydrogen-bond donors (Lipinski definition) is 2. The molecule has 5 nitrogen and oxygen atoms in total. The summed E-state index contributed by atoms with van der Waals surface area (Å²) in [6, 6.07) is 7.26. The zero-order valence-electron chi connectivity index (χ0n) is 13.2. The maximum atomic E-state index is 12.2. The fourth-order valence-corrected chi connectivity index (χ4v) is 2.27. The molecule has 1 aromatic carbocycles. The molecule has 2 rings (SSSR count). The number of aryl methyl sites for hydroxylation is 3. The van der Waals surface area contributed by atoms with Crippen molar-refractivity contribution in [3.8, 4) is 0 Å². The number of furan rings is 1. The lowest BCUT2D eigenvalue weighted by Gasteiger charge is -2.08. The average molecular weight is 300 g/mol. The van der Waals surface area contributed by atoms with Gasteiger partial charge in [0.05, 0.1) is 5.56 Å². The molecular weight excluding hydrogens is 280 g/mol. The van der Waals surface area contributed by atoms with E-state index in [1.807, 2.05) is 26.0 Å². The zero-order valence-corrected chi connectivity index (χ0v) is 13.2. The minimum absolute atomic E-state index is 0.355. The topological polar surface area (TPSA) is 71.3 Å². The van der Waals surface area contributed by atoms with Gasteiger partial charge in [0.25, 0.3) is 11.8 Å². The van der Waals surface area contributed by atoms with Crippen molar-refractivity contribution in [1.29, 1.82) is 0 Å². The van der Waals surface area contributed by atoms with Crippen molar-refractivity contribution in [2.24, 2.45) is 0 Å². The molecule has 2 amide bonds. The molecule has 0 unspecified atom stereocenters. The Labute approximate surface area is 129 Å². The minimum Gasteiger partial charge on any atom is -0.466 e. The van der Waals surface area contributed by atoms with E-state index < -0.39 is 0 Å². The highest BCUT2D eigenvalue weighted by molar-refractivity contribution is 6.00. The van der Waals surface area contributed by atoms with Crippen molar-refractivity contribution in [2.45, 2.75) is 34.1 Å². The van der Waals surface area contributed by atoms with Crippen LogP contribution in [0.25, 0.3) is 0 Å².